The van der Waals surface area contributed by atoms with Gasteiger partial charge in [-0.15, -0.1) is 0 Å². The number of rotatable bonds is 11. The Labute approximate surface area is 345 Å². The molecule has 6 rings (SSSR count). The minimum absolute atomic E-state index is 0.0874. The Morgan fingerprint density at radius 2 is 0.914 bits per heavy atom. The first-order chi connectivity index (χ1) is 27.3. The maximum absolute atomic E-state index is 13.2. The molecule has 308 valence electrons. The first-order valence-electron chi connectivity index (χ1n) is 20.8. The highest BCUT2D eigenvalue weighted by Crippen LogP contribution is 2.56. The van der Waals surface area contributed by atoms with Crippen LogP contribution in [0.2, 0.25) is 0 Å². The van der Waals surface area contributed by atoms with Gasteiger partial charge < -0.3 is 18.9 Å². The van der Waals surface area contributed by atoms with Crippen LogP contribution in [-0.2, 0) is 25.2 Å². The highest BCUT2D eigenvalue weighted by molar-refractivity contribution is 5.93. The number of hydrogen-bond acceptors (Lipinski definition) is 7. The van der Waals surface area contributed by atoms with Gasteiger partial charge in [-0.3, -0.25) is 14.4 Å². The van der Waals surface area contributed by atoms with Gasteiger partial charge >= 0.3 is 11.9 Å². The van der Waals surface area contributed by atoms with Gasteiger partial charge in [-0.05, 0) is 158 Å². The van der Waals surface area contributed by atoms with Gasteiger partial charge in [-0.1, -0.05) is 90.1 Å². The molecule has 0 bridgehead atoms. The van der Waals surface area contributed by atoms with Crippen molar-refractivity contribution in [2.24, 2.45) is 22.7 Å². The van der Waals surface area contributed by atoms with Gasteiger partial charge in [-0.2, -0.15) is 0 Å². The molecule has 2 aliphatic rings. The summed E-state index contributed by atoms with van der Waals surface area (Å²) in [5.41, 5.74) is 8.12. The van der Waals surface area contributed by atoms with Crippen molar-refractivity contribution in [2.45, 2.75) is 125 Å². The average Bonchev–Trinajstić information content (AvgIpc) is 3.12. The molecule has 2 fully saturated rings. The van der Waals surface area contributed by atoms with Crippen LogP contribution in [0.4, 0.5) is 0 Å². The van der Waals surface area contributed by atoms with E-state index in [9.17, 15) is 14.4 Å². The Kier molecular flexibility index (Phi) is 12.1. The summed E-state index contributed by atoms with van der Waals surface area (Å²) in [6.45, 7) is 22.4. The number of ether oxygens (including phenoxy) is 4. The first-order valence-corrected chi connectivity index (χ1v) is 20.8. The summed E-state index contributed by atoms with van der Waals surface area (Å²) in [6, 6.07) is 24.7. The number of benzene rings is 4. The number of carbonyl (C=O) groups is 3. The molecule has 7 heteroatoms. The second-order valence-electron chi connectivity index (χ2n) is 19.3. The fraction of sp³-hybridized carbons (Fsp3) is 0.471. The van der Waals surface area contributed by atoms with E-state index in [2.05, 4.69) is 97.0 Å². The van der Waals surface area contributed by atoms with Gasteiger partial charge in [0.2, 0.25) is 0 Å². The highest BCUT2D eigenvalue weighted by atomic mass is 16.6. The Balaban J connectivity index is 1.19. The van der Waals surface area contributed by atoms with E-state index in [1.54, 1.807) is 7.11 Å². The van der Waals surface area contributed by atoms with Crippen molar-refractivity contribution in [1.29, 1.82) is 0 Å². The fourth-order valence-corrected chi connectivity index (χ4v) is 11.2. The van der Waals surface area contributed by atoms with E-state index in [0.717, 1.165) is 72.1 Å². The van der Waals surface area contributed by atoms with Crippen molar-refractivity contribution in [3.63, 3.8) is 0 Å². The highest BCUT2D eigenvalue weighted by Gasteiger charge is 2.47. The second-order valence-corrected chi connectivity index (χ2v) is 19.3. The molecule has 4 unspecified atom stereocenters. The lowest BCUT2D eigenvalue weighted by Gasteiger charge is -2.49. The third-order valence-electron chi connectivity index (χ3n) is 12.8. The maximum Gasteiger partial charge on any atom is 0.322 e. The molecule has 0 N–H and O–H groups in total. The smallest absolute Gasteiger partial charge is 0.322 e. The molecule has 2 saturated carbocycles. The van der Waals surface area contributed by atoms with E-state index in [0.29, 0.717) is 35.6 Å². The summed E-state index contributed by atoms with van der Waals surface area (Å²) < 4.78 is 22.4. The zero-order valence-corrected chi connectivity index (χ0v) is 36.5. The minimum Gasteiger partial charge on any atom is -0.496 e. The summed E-state index contributed by atoms with van der Waals surface area (Å²) in [7, 11) is 1.71. The van der Waals surface area contributed by atoms with Crippen molar-refractivity contribution in [1.82, 2.24) is 0 Å². The zero-order chi connectivity index (χ0) is 42.2. The molecule has 0 saturated heterocycles. The van der Waals surface area contributed by atoms with E-state index in [1.807, 2.05) is 45.0 Å². The Hall–Kier alpha value is -4.91. The Morgan fingerprint density at radius 1 is 0.569 bits per heavy atom. The molecule has 58 heavy (non-hydrogen) atoms. The molecular weight excluding hydrogens is 725 g/mol. The third-order valence-corrected chi connectivity index (χ3v) is 12.8. The van der Waals surface area contributed by atoms with Crippen LogP contribution in [-0.4, -0.2) is 25.5 Å². The lowest BCUT2D eigenvalue weighted by Crippen LogP contribution is -2.41. The van der Waals surface area contributed by atoms with Crippen molar-refractivity contribution in [3.05, 3.63) is 117 Å². The molecule has 0 spiro atoms. The van der Waals surface area contributed by atoms with Crippen LogP contribution in [0.15, 0.2) is 72.8 Å². The lowest BCUT2D eigenvalue weighted by atomic mass is 9.55. The summed E-state index contributed by atoms with van der Waals surface area (Å²) in [4.78, 5) is 37.6. The molecule has 4 atom stereocenters. The molecule has 0 aromatic heterocycles. The standard InChI is InChI=1S/C51H62O7/c1-32-25-48(7,8)29-50(27-32,38-12-16-42(55-11)34(3)20-38)40-14-18-44(36(5)22-40)57-46(53)24-47(54)58-45-19-15-41(23-37(45)6)51(28-33(2)26-49(9,10)30-51)39-13-17-43(56-31-52)35(4)21-39/h12-23,31-33H,24-30H2,1-11H3. The van der Waals surface area contributed by atoms with Crippen LogP contribution in [0.5, 0.6) is 23.0 Å². The average molecular weight is 787 g/mol. The van der Waals surface area contributed by atoms with Crippen LogP contribution in [0.3, 0.4) is 0 Å². The molecule has 0 heterocycles. The lowest BCUT2D eigenvalue weighted by molar-refractivity contribution is -0.144. The summed E-state index contributed by atoms with van der Waals surface area (Å²) in [5, 5.41) is 0. The van der Waals surface area contributed by atoms with Gasteiger partial charge in [0.25, 0.3) is 6.47 Å². The van der Waals surface area contributed by atoms with Gasteiger partial charge in [0.1, 0.15) is 29.4 Å². The minimum atomic E-state index is -0.675. The van der Waals surface area contributed by atoms with Crippen LogP contribution in [0.1, 0.15) is 131 Å². The van der Waals surface area contributed by atoms with Crippen LogP contribution in [0, 0.1) is 50.4 Å². The first kappa shape index (κ1) is 42.7. The number of hydrogen-bond donors (Lipinski definition) is 0. The molecule has 2 aliphatic carbocycles. The van der Waals surface area contributed by atoms with E-state index in [1.165, 1.54) is 16.7 Å². The SMILES string of the molecule is COc1ccc(C2(c3ccc(OC(=O)CC(=O)Oc4ccc(C5(c6ccc(OC=O)c(C)c6)CC(C)CC(C)(C)C5)cc4C)c(C)c3)CC(C)CC(C)(C)C2)cc1C. The largest absolute Gasteiger partial charge is 0.496 e. The third kappa shape index (κ3) is 8.89. The van der Waals surface area contributed by atoms with Gasteiger partial charge in [0, 0.05) is 10.8 Å². The van der Waals surface area contributed by atoms with Crippen molar-refractivity contribution >= 4 is 18.4 Å². The molecule has 0 radical (unpaired) electrons. The predicted octanol–water partition coefficient (Wildman–Crippen LogP) is 11.6. The van der Waals surface area contributed by atoms with Crippen LogP contribution >= 0.6 is 0 Å². The maximum atomic E-state index is 13.2. The molecular formula is C51H62O7. The molecule has 4 aromatic rings. The van der Waals surface area contributed by atoms with E-state index in [4.69, 9.17) is 18.9 Å². The van der Waals surface area contributed by atoms with Gasteiger partial charge in [0.15, 0.2) is 0 Å². The summed E-state index contributed by atoms with van der Waals surface area (Å²) >= 11 is 0. The van der Waals surface area contributed by atoms with Crippen LogP contribution < -0.4 is 18.9 Å². The molecule has 0 amide bonds. The number of aryl methyl sites for hydroxylation is 4. The number of esters is 2. The topological polar surface area (TPSA) is 88.1 Å². The molecule has 4 aromatic carbocycles. The normalized spacial score (nSPS) is 23.7. The fourth-order valence-electron chi connectivity index (χ4n) is 11.2. The number of carbonyl (C=O) groups excluding carboxylic acids is 3. The second kappa shape index (κ2) is 16.4. The quantitative estimate of drug-likeness (QED) is 0.0647. The zero-order valence-electron chi connectivity index (χ0n) is 36.5. The van der Waals surface area contributed by atoms with Crippen molar-refractivity contribution in [2.75, 3.05) is 7.11 Å². The van der Waals surface area contributed by atoms with E-state index in [-0.39, 0.29) is 21.7 Å². The van der Waals surface area contributed by atoms with Crippen molar-refractivity contribution < 1.29 is 33.3 Å². The summed E-state index contributed by atoms with van der Waals surface area (Å²) in [5.74, 6) is 1.92. The monoisotopic (exact) mass is 786 g/mol. The Morgan fingerprint density at radius 3 is 1.22 bits per heavy atom. The Bertz CT molecular complexity index is 2200. The van der Waals surface area contributed by atoms with Crippen LogP contribution in [0.25, 0.3) is 0 Å². The molecule has 7 nitrogen and oxygen atoms in total. The molecule has 0 aliphatic heterocycles. The van der Waals surface area contributed by atoms with Gasteiger partial charge in [-0.25, -0.2) is 0 Å². The van der Waals surface area contributed by atoms with E-state index >= 15 is 0 Å². The summed E-state index contributed by atoms with van der Waals surface area (Å²) in [6.07, 6.45) is 5.64. The predicted molar refractivity (Wildman–Crippen MR) is 229 cm³/mol. The van der Waals surface area contributed by atoms with E-state index < -0.39 is 18.4 Å². The van der Waals surface area contributed by atoms with Crippen molar-refractivity contribution in [3.8, 4) is 23.0 Å². The van der Waals surface area contributed by atoms with Gasteiger partial charge in [0.05, 0.1) is 7.11 Å². The number of methoxy groups -OCH3 is 1.